The summed E-state index contributed by atoms with van der Waals surface area (Å²) in [6.07, 6.45) is 3.42. The van der Waals surface area contributed by atoms with Crippen LogP contribution >= 0.6 is 11.6 Å². The van der Waals surface area contributed by atoms with Gasteiger partial charge in [0.1, 0.15) is 11.1 Å². The van der Waals surface area contributed by atoms with Crippen molar-refractivity contribution < 1.29 is 23.8 Å². The number of hydrogen-bond donors (Lipinski definition) is 0. The normalized spacial score (nSPS) is 21.2. The molecule has 0 N–H and O–H groups in total. The van der Waals surface area contributed by atoms with Gasteiger partial charge in [-0.15, -0.1) is 0 Å². The topological polar surface area (TPSA) is 78.0 Å². The fourth-order valence-electron chi connectivity index (χ4n) is 3.06. The van der Waals surface area contributed by atoms with E-state index in [0.29, 0.717) is 55.6 Å². The second-order valence-electron chi connectivity index (χ2n) is 6.20. The van der Waals surface area contributed by atoms with Crippen molar-refractivity contribution in [2.24, 2.45) is 5.92 Å². The molecule has 1 unspecified atom stereocenters. The van der Waals surface area contributed by atoms with Crippen LogP contribution in [-0.2, 0) is 14.3 Å². The number of carbonyl (C=O) groups is 2. The third-order valence-electron chi connectivity index (χ3n) is 4.54. The Bertz CT molecular complexity index is 640. The molecule has 1 aromatic rings. The van der Waals surface area contributed by atoms with Gasteiger partial charge in [0.15, 0.2) is 0 Å². The first-order chi connectivity index (χ1) is 12.1. The number of rotatable bonds is 4. The van der Waals surface area contributed by atoms with E-state index in [0.717, 1.165) is 6.42 Å². The Kier molecular flexibility index (Phi) is 5.75. The van der Waals surface area contributed by atoms with E-state index in [-0.39, 0.29) is 23.9 Å². The van der Waals surface area contributed by atoms with Gasteiger partial charge in [0, 0.05) is 25.7 Å². The van der Waals surface area contributed by atoms with E-state index in [1.165, 1.54) is 13.3 Å². The van der Waals surface area contributed by atoms with Crippen molar-refractivity contribution in [2.45, 2.75) is 25.4 Å². The van der Waals surface area contributed by atoms with Crippen molar-refractivity contribution in [3.8, 4) is 5.88 Å². The standard InChI is InChI=1S/C17H21ClN2O5/c1-23-17(22)11-2-5-20(6-3-11)16(21)12-8-14(18)15(19-9-12)25-13-4-7-24-10-13/h8-9,11,13H,2-7,10H2,1H3. The van der Waals surface area contributed by atoms with Gasteiger partial charge in [-0.1, -0.05) is 11.6 Å². The minimum atomic E-state index is -0.214. The molecule has 2 fully saturated rings. The maximum absolute atomic E-state index is 12.6. The molecule has 1 amide bonds. The van der Waals surface area contributed by atoms with E-state index in [9.17, 15) is 9.59 Å². The van der Waals surface area contributed by atoms with Gasteiger partial charge in [0.05, 0.1) is 31.8 Å². The van der Waals surface area contributed by atoms with Gasteiger partial charge in [0.25, 0.3) is 5.91 Å². The van der Waals surface area contributed by atoms with Crippen LogP contribution in [0.1, 0.15) is 29.6 Å². The fraction of sp³-hybridized carbons (Fsp3) is 0.588. The number of piperidine rings is 1. The molecule has 3 heterocycles. The van der Waals surface area contributed by atoms with Crippen molar-refractivity contribution in [3.05, 3.63) is 22.8 Å². The minimum absolute atomic E-state index is 0.0519. The van der Waals surface area contributed by atoms with Crippen molar-refractivity contribution in [1.29, 1.82) is 0 Å². The highest BCUT2D eigenvalue weighted by atomic mass is 35.5. The molecular formula is C17H21ClN2O5. The summed E-state index contributed by atoms with van der Waals surface area (Å²) in [7, 11) is 1.38. The lowest BCUT2D eigenvalue weighted by molar-refractivity contribution is -0.146. The Balaban J connectivity index is 1.61. The fourth-order valence-corrected chi connectivity index (χ4v) is 3.27. The number of hydrogen-bond acceptors (Lipinski definition) is 6. The van der Waals surface area contributed by atoms with E-state index in [1.807, 2.05) is 0 Å². The summed E-state index contributed by atoms with van der Waals surface area (Å²) in [6, 6.07) is 1.58. The number of amides is 1. The van der Waals surface area contributed by atoms with Gasteiger partial charge in [0.2, 0.25) is 5.88 Å². The Hall–Kier alpha value is -1.86. The Morgan fingerprint density at radius 2 is 2.08 bits per heavy atom. The van der Waals surface area contributed by atoms with Crippen molar-refractivity contribution in [2.75, 3.05) is 33.4 Å². The van der Waals surface area contributed by atoms with Crippen molar-refractivity contribution in [3.63, 3.8) is 0 Å². The molecule has 2 aliphatic rings. The summed E-state index contributed by atoms with van der Waals surface area (Å²) >= 11 is 6.21. The monoisotopic (exact) mass is 368 g/mol. The molecule has 0 bridgehead atoms. The highest BCUT2D eigenvalue weighted by Gasteiger charge is 2.29. The van der Waals surface area contributed by atoms with Gasteiger partial charge >= 0.3 is 5.97 Å². The van der Waals surface area contributed by atoms with Gasteiger partial charge in [-0.05, 0) is 18.9 Å². The number of carbonyl (C=O) groups excluding carboxylic acids is 2. The Morgan fingerprint density at radius 3 is 2.68 bits per heavy atom. The molecule has 1 atom stereocenters. The Labute approximate surface area is 151 Å². The summed E-state index contributed by atoms with van der Waals surface area (Å²) in [4.78, 5) is 30.1. The molecule has 136 valence electrons. The van der Waals surface area contributed by atoms with E-state index >= 15 is 0 Å². The largest absolute Gasteiger partial charge is 0.471 e. The van der Waals surface area contributed by atoms with Crippen LogP contribution in [0.5, 0.6) is 5.88 Å². The molecule has 2 saturated heterocycles. The predicted octanol–water partition coefficient (Wildman–Crippen LogP) is 1.93. The highest BCUT2D eigenvalue weighted by molar-refractivity contribution is 6.32. The van der Waals surface area contributed by atoms with Crippen LogP contribution in [0.15, 0.2) is 12.3 Å². The van der Waals surface area contributed by atoms with Crippen LogP contribution in [0.3, 0.4) is 0 Å². The lowest BCUT2D eigenvalue weighted by Gasteiger charge is -2.30. The number of esters is 1. The second kappa shape index (κ2) is 8.01. The number of halogens is 1. The molecule has 3 rings (SSSR count). The first-order valence-electron chi connectivity index (χ1n) is 8.35. The summed E-state index contributed by atoms with van der Waals surface area (Å²) in [5, 5.41) is 0.308. The smallest absolute Gasteiger partial charge is 0.308 e. The van der Waals surface area contributed by atoms with E-state index in [2.05, 4.69) is 4.98 Å². The number of nitrogens with zero attached hydrogens (tertiary/aromatic N) is 2. The number of pyridine rings is 1. The molecule has 0 spiro atoms. The lowest BCUT2D eigenvalue weighted by atomic mass is 9.96. The third kappa shape index (κ3) is 4.22. The molecule has 1 aromatic heterocycles. The minimum Gasteiger partial charge on any atom is -0.471 e. The summed E-state index contributed by atoms with van der Waals surface area (Å²) in [5.41, 5.74) is 0.413. The second-order valence-corrected chi connectivity index (χ2v) is 6.61. The summed E-state index contributed by atoms with van der Waals surface area (Å²) < 4.78 is 15.7. The van der Waals surface area contributed by atoms with Crippen LogP contribution < -0.4 is 4.74 Å². The summed E-state index contributed by atoms with van der Waals surface area (Å²) in [5.74, 6) is -0.180. The predicted molar refractivity (Wildman–Crippen MR) is 89.7 cm³/mol. The van der Waals surface area contributed by atoms with E-state index < -0.39 is 0 Å². The van der Waals surface area contributed by atoms with Gasteiger partial charge in [-0.2, -0.15) is 0 Å². The average Bonchev–Trinajstić information content (AvgIpc) is 3.15. The van der Waals surface area contributed by atoms with Crippen LogP contribution in [0.25, 0.3) is 0 Å². The van der Waals surface area contributed by atoms with Crippen LogP contribution in [0.4, 0.5) is 0 Å². The molecule has 0 aromatic carbocycles. The molecule has 0 saturated carbocycles. The van der Waals surface area contributed by atoms with Crippen LogP contribution in [0, 0.1) is 5.92 Å². The highest BCUT2D eigenvalue weighted by Crippen LogP contribution is 2.26. The van der Waals surface area contributed by atoms with Crippen molar-refractivity contribution in [1.82, 2.24) is 9.88 Å². The lowest BCUT2D eigenvalue weighted by Crippen LogP contribution is -2.40. The van der Waals surface area contributed by atoms with Gasteiger partial charge in [-0.3, -0.25) is 9.59 Å². The van der Waals surface area contributed by atoms with E-state index in [4.69, 9.17) is 25.8 Å². The maximum Gasteiger partial charge on any atom is 0.308 e. The first kappa shape index (κ1) is 17.9. The SMILES string of the molecule is COC(=O)C1CCN(C(=O)c2cnc(OC3CCOC3)c(Cl)c2)CC1. The third-order valence-corrected chi connectivity index (χ3v) is 4.81. The zero-order valence-corrected chi connectivity index (χ0v) is 14.8. The first-order valence-corrected chi connectivity index (χ1v) is 8.73. The average molecular weight is 369 g/mol. The van der Waals surface area contributed by atoms with E-state index in [1.54, 1.807) is 11.0 Å². The molecule has 2 aliphatic heterocycles. The number of ether oxygens (including phenoxy) is 3. The molecule has 7 nitrogen and oxygen atoms in total. The Morgan fingerprint density at radius 1 is 1.32 bits per heavy atom. The number of methoxy groups -OCH3 is 1. The zero-order valence-electron chi connectivity index (χ0n) is 14.1. The van der Waals surface area contributed by atoms with Gasteiger partial charge < -0.3 is 19.1 Å². The quantitative estimate of drug-likeness (QED) is 0.756. The van der Waals surface area contributed by atoms with Crippen LogP contribution in [-0.4, -0.2) is 61.3 Å². The molecule has 0 radical (unpaired) electrons. The summed E-state index contributed by atoms with van der Waals surface area (Å²) in [6.45, 7) is 2.20. The van der Waals surface area contributed by atoms with Crippen LogP contribution in [0.2, 0.25) is 5.02 Å². The molecule has 25 heavy (non-hydrogen) atoms. The molecule has 0 aliphatic carbocycles. The number of likely N-dealkylation sites (tertiary alicyclic amines) is 1. The maximum atomic E-state index is 12.6. The zero-order chi connectivity index (χ0) is 17.8. The molecular weight excluding hydrogens is 348 g/mol. The number of aromatic nitrogens is 1. The van der Waals surface area contributed by atoms with Gasteiger partial charge in [-0.25, -0.2) is 4.98 Å². The molecule has 8 heteroatoms. The van der Waals surface area contributed by atoms with Crippen molar-refractivity contribution >= 4 is 23.5 Å².